The van der Waals surface area contributed by atoms with E-state index in [9.17, 15) is 4.79 Å². The van der Waals surface area contributed by atoms with Crippen molar-refractivity contribution in [1.29, 1.82) is 0 Å². The maximum atomic E-state index is 11.1. The summed E-state index contributed by atoms with van der Waals surface area (Å²) in [6.45, 7) is 2.13. The van der Waals surface area contributed by atoms with Crippen molar-refractivity contribution in [2.24, 2.45) is 0 Å². The highest BCUT2D eigenvalue weighted by Gasteiger charge is 2.18. The molecule has 3 nitrogen and oxygen atoms in total. The molecule has 2 rings (SSSR count). The molecule has 1 N–H and O–H groups in total. The quantitative estimate of drug-likeness (QED) is 0.415. The molecule has 0 bridgehead atoms. The van der Waals surface area contributed by atoms with E-state index in [4.69, 9.17) is 9.84 Å². The average molecular weight is 340 g/mol. The van der Waals surface area contributed by atoms with E-state index in [1.54, 1.807) is 0 Å². The van der Waals surface area contributed by atoms with Gasteiger partial charge in [0, 0.05) is 0 Å². The zero-order chi connectivity index (χ0) is 17.9. The Morgan fingerprint density at radius 3 is 2.40 bits per heavy atom. The van der Waals surface area contributed by atoms with Gasteiger partial charge in [-0.15, -0.1) is 0 Å². The van der Waals surface area contributed by atoms with E-state index in [-0.39, 0.29) is 6.10 Å². The number of unbranched alkanes of at least 4 members (excludes halogenated alkanes) is 2. The Bertz CT molecular complexity index is 637. The standard InChI is InChI=1S/C22H28O3/c1-2-11-19-15-9-10-16-20(19)21(25-22(23)24)17-8-4-7-14-18-12-5-3-6-13-18/h3,5-6,9-10,12-13,15-16,21H,2,4,7-8,11,14,17H2,1H3,(H,23,24). The lowest BCUT2D eigenvalue weighted by molar-refractivity contribution is 0.0461. The molecule has 0 radical (unpaired) electrons. The average Bonchev–Trinajstić information content (AvgIpc) is 2.62. The van der Waals surface area contributed by atoms with E-state index in [1.807, 2.05) is 24.3 Å². The van der Waals surface area contributed by atoms with E-state index in [0.717, 1.165) is 50.5 Å². The lowest BCUT2D eigenvalue weighted by Crippen LogP contribution is -2.11. The van der Waals surface area contributed by atoms with Crippen LogP contribution in [0.5, 0.6) is 0 Å². The predicted molar refractivity (Wildman–Crippen MR) is 101 cm³/mol. The van der Waals surface area contributed by atoms with Crippen LogP contribution >= 0.6 is 0 Å². The number of carboxylic acid groups (broad SMARTS) is 1. The Balaban J connectivity index is 1.89. The Labute approximate surface area is 150 Å². The summed E-state index contributed by atoms with van der Waals surface area (Å²) >= 11 is 0. The smallest absolute Gasteiger partial charge is 0.450 e. The van der Waals surface area contributed by atoms with Crippen molar-refractivity contribution in [2.45, 2.75) is 58.0 Å². The molecule has 3 heteroatoms. The molecule has 1 unspecified atom stereocenters. The molecule has 25 heavy (non-hydrogen) atoms. The van der Waals surface area contributed by atoms with E-state index >= 15 is 0 Å². The number of rotatable bonds is 10. The SMILES string of the molecule is CCCc1ccccc1C(CCCCCc1ccccc1)OC(=O)O. The summed E-state index contributed by atoms with van der Waals surface area (Å²) < 4.78 is 5.20. The first-order valence-corrected chi connectivity index (χ1v) is 9.22. The maximum absolute atomic E-state index is 11.1. The molecule has 2 aromatic rings. The lowest BCUT2D eigenvalue weighted by atomic mass is 9.95. The van der Waals surface area contributed by atoms with Crippen molar-refractivity contribution < 1.29 is 14.6 Å². The van der Waals surface area contributed by atoms with Crippen LogP contribution in [0.3, 0.4) is 0 Å². The molecule has 2 aromatic carbocycles. The number of benzene rings is 2. The first kappa shape index (κ1) is 19.0. The van der Waals surface area contributed by atoms with Crippen LogP contribution in [-0.2, 0) is 17.6 Å². The minimum atomic E-state index is -1.19. The van der Waals surface area contributed by atoms with Crippen LogP contribution in [0.25, 0.3) is 0 Å². The summed E-state index contributed by atoms with van der Waals surface area (Å²) in [6.07, 6.45) is 5.38. The number of hydrogen-bond acceptors (Lipinski definition) is 2. The Morgan fingerprint density at radius 1 is 0.960 bits per heavy atom. The number of ether oxygens (including phenoxy) is 1. The van der Waals surface area contributed by atoms with Gasteiger partial charge in [0.05, 0.1) is 0 Å². The largest absolute Gasteiger partial charge is 0.506 e. The van der Waals surface area contributed by atoms with Gasteiger partial charge >= 0.3 is 6.16 Å². The molecule has 0 amide bonds. The zero-order valence-electron chi connectivity index (χ0n) is 15.0. The first-order chi connectivity index (χ1) is 12.2. The normalized spacial score (nSPS) is 11.9. The van der Waals surface area contributed by atoms with Crippen LogP contribution < -0.4 is 0 Å². The summed E-state index contributed by atoms with van der Waals surface area (Å²) in [5.41, 5.74) is 3.57. The first-order valence-electron chi connectivity index (χ1n) is 9.22. The Kier molecular flexibility index (Phi) is 8.03. The molecule has 0 saturated heterocycles. The highest BCUT2D eigenvalue weighted by atomic mass is 16.7. The van der Waals surface area contributed by atoms with E-state index in [1.165, 1.54) is 11.1 Å². The molecule has 0 spiro atoms. The second-order valence-electron chi connectivity index (χ2n) is 6.41. The Morgan fingerprint density at radius 2 is 1.68 bits per heavy atom. The van der Waals surface area contributed by atoms with Crippen LogP contribution in [0, 0.1) is 0 Å². The van der Waals surface area contributed by atoms with Crippen LogP contribution in [-0.4, -0.2) is 11.3 Å². The van der Waals surface area contributed by atoms with Crippen molar-refractivity contribution in [3.05, 3.63) is 71.3 Å². The van der Waals surface area contributed by atoms with Gasteiger partial charge in [-0.2, -0.15) is 0 Å². The summed E-state index contributed by atoms with van der Waals surface area (Å²) in [6, 6.07) is 18.5. The second-order valence-corrected chi connectivity index (χ2v) is 6.41. The molecule has 0 saturated carbocycles. The van der Waals surface area contributed by atoms with Crippen molar-refractivity contribution in [2.75, 3.05) is 0 Å². The van der Waals surface area contributed by atoms with Gasteiger partial charge in [0.2, 0.25) is 0 Å². The molecule has 134 valence electrons. The van der Waals surface area contributed by atoms with Crippen LogP contribution in [0.4, 0.5) is 4.79 Å². The fourth-order valence-electron chi connectivity index (χ4n) is 3.23. The second kappa shape index (κ2) is 10.5. The molecule has 0 fully saturated rings. The maximum Gasteiger partial charge on any atom is 0.506 e. The summed E-state index contributed by atoms with van der Waals surface area (Å²) in [4.78, 5) is 11.1. The van der Waals surface area contributed by atoms with Gasteiger partial charge in [-0.3, -0.25) is 0 Å². The highest BCUT2D eigenvalue weighted by Crippen LogP contribution is 2.28. The third-order valence-electron chi connectivity index (χ3n) is 4.44. The molecule has 1 atom stereocenters. The van der Waals surface area contributed by atoms with E-state index in [0.29, 0.717) is 0 Å². The van der Waals surface area contributed by atoms with Gasteiger partial charge in [-0.1, -0.05) is 74.4 Å². The van der Waals surface area contributed by atoms with Crippen LogP contribution in [0.1, 0.15) is 61.8 Å². The molecule has 0 heterocycles. The van der Waals surface area contributed by atoms with Crippen molar-refractivity contribution in [1.82, 2.24) is 0 Å². The van der Waals surface area contributed by atoms with Gasteiger partial charge in [0.1, 0.15) is 6.10 Å². The Hall–Kier alpha value is -2.29. The van der Waals surface area contributed by atoms with Crippen molar-refractivity contribution in [3.8, 4) is 0 Å². The molecular formula is C22H28O3. The van der Waals surface area contributed by atoms with Gasteiger partial charge in [0.25, 0.3) is 0 Å². The minimum Gasteiger partial charge on any atom is -0.450 e. The molecule has 0 aromatic heterocycles. The topological polar surface area (TPSA) is 46.5 Å². The minimum absolute atomic E-state index is 0.364. The number of hydrogen-bond donors (Lipinski definition) is 1. The fourth-order valence-corrected chi connectivity index (χ4v) is 3.23. The fraction of sp³-hybridized carbons (Fsp3) is 0.409. The van der Waals surface area contributed by atoms with E-state index < -0.39 is 6.16 Å². The summed E-state index contributed by atoms with van der Waals surface area (Å²) in [5, 5.41) is 9.10. The summed E-state index contributed by atoms with van der Waals surface area (Å²) in [7, 11) is 0. The molecule has 0 aliphatic carbocycles. The summed E-state index contributed by atoms with van der Waals surface area (Å²) in [5.74, 6) is 0. The van der Waals surface area contributed by atoms with Gasteiger partial charge in [-0.25, -0.2) is 4.79 Å². The monoisotopic (exact) mass is 340 g/mol. The van der Waals surface area contributed by atoms with Gasteiger partial charge in [-0.05, 0) is 48.8 Å². The van der Waals surface area contributed by atoms with E-state index in [2.05, 4.69) is 37.3 Å². The van der Waals surface area contributed by atoms with Crippen molar-refractivity contribution >= 4 is 6.16 Å². The molecule has 0 aliphatic heterocycles. The van der Waals surface area contributed by atoms with Crippen LogP contribution in [0.2, 0.25) is 0 Å². The molecule has 0 aliphatic rings. The van der Waals surface area contributed by atoms with Crippen molar-refractivity contribution in [3.63, 3.8) is 0 Å². The number of aryl methyl sites for hydroxylation is 2. The van der Waals surface area contributed by atoms with Gasteiger partial charge in [0.15, 0.2) is 0 Å². The van der Waals surface area contributed by atoms with Gasteiger partial charge < -0.3 is 9.84 Å². The predicted octanol–water partition coefficient (Wildman–Crippen LogP) is 6.18. The molecular weight excluding hydrogens is 312 g/mol. The third-order valence-corrected chi connectivity index (χ3v) is 4.44. The van der Waals surface area contributed by atoms with Crippen LogP contribution in [0.15, 0.2) is 54.6 Å². The lowest BCUT2D eigenvalue weighted by Gasteiger charge is -2.19. The third kappa shape index (κ3) is 6.61. The number of carbonyl (C=O) groups is 1. The zero-order valence-corrected chi connectivity index (χ0v) is 15.0. The highest BCUT2D eigenvalue weighted by molar-refractivity contribution is 5.57.